The number of amides is 3. The number of aliphatic hydroxyl groups excluding tert-OH is 4. The number of aliphatic hydroxyl groups is 4. The highest BCUT2D eigenvalue weighted by Crippen LogP contribution is 2.33. The van der Waals surface area contributed by atoms with Crippen LogP contribution in [0.15, 0.2) is 24.3 Å². The van der Waals surface area contributed by atoms with E-state index in [2.05, 4.69) is 21.9 Å². The minimum Gasteiger partial charge on any atom is -0.480 e. The summed E-state index contributed by atoms with van der Waals surface area (Å²) in [6, 6.07) is 3.52. The van der Waals surface area contributed by atoms with Gasteiger partial charge in [0.05, 0.1) is 31.3 Å². The molecular weight excluding hydrogens is 622 g/mol. The molecule has 0 radical (unpaired) electrons. The van der Waals surface area contributed by atoms with Gasteiger partial charge < -0.3 is 56.1 Å². The number of benzene rings is 1. The van der Waals surface area contributed by atoms with E-state index in [0.29, 0.717) is 10.6 Å². The Hall–Kier alpha value is -3.82. The lowest BCUT2D eigenvalue weighted by molar-refractivity contribution is -0.310. The van der Waals surface area contributed by atoms with Crippen LogP contribution in [0.25, 0.3) is 0 Å². The highest BCUT2D eigenvalue weighted by atomic mass is 35.5. The second-order valence-electron chi connectivity index (χ2n) is 10.1. The van der Waals surface area contributed by atoms with Gasteiger partial charge in [-0.3, -0.25) is 14.4 Å². The predicted molar refractivity (Wildman–Crippen MR) is 153 cm³/mol. The molecule has 0 spiro atoms. The normalized spacial score (nSPS) is 23.1. The van der Waals surface area contributed by atoms with Gasteiger partial charge in [-0.25, -0.2) is 9.59 Å². The summed E-state index contributed by atoms with van der Waals surface area (Å²) in [5.41, 5.74) is 0.604. The zero-order valence-electron chi connectivity index (χ0n) is 23.9. The molecule has 1 saturated heterocycles. The topological polar surface area (TPSA) is 261 Å². The van der Waals surface area contributed by atoms with Crippen LogP contribution in [-0.4, -0.2) is 122 Å². The van der Waals surface area contributed by atoms with Crippen molar-refractivity contribution >= 4 is 41.3 Å². The molecule has 1 aliphatic rings. The Labute approximate surface area is 262 Å². The molecule has 248 valence electrons. The Kier molecular flexibility index (Phi) is 14.6. The SMILES string of the molecule is C#CCC(NC(=O)CCCO[C@]1(C(=O)O)C[C@H](O)[C@@H](NC(=O)CO)[C@H]([C@H](O)[C@H](O)CNC(=O)Cc2ccc(Cl)cc2)O1)C(=O)O. The third kappa shape index (κ3) is 11.2. The third-order valence-corrected chi connectivity index (χ3v) is 6.98. The summed E-state index contributed by atoms with van der Waals surface area (Å²) >= 11 is 5.83. The molecule has 1 unspecified atom stereocenters. The number of rotatable bonds is 17. The van der Waals surface area contributed by atoms with E-state index in [-0.39, 0.29) is 25.7 Å². The number of hydrogen-bond acceptors (Lipinski definition) is 11. The molecule has 45 heavy (non-hydrogen) atoms. The molecule has 16 nitrogen and oxygen atoms in total. The van der Waals surface area contributed by atoms with Crippen LogP contribution >= 0.6 is 11.6 Å². The Morgan fingerprint density at radius 2 is 1.78 bits per heavy atom. The van der Waals surface area contributed by atoms with Crippen molar-refractivity contribution in [1.29, 1.82) is 0 Å². The van der Waals surface area contributed by atoms with Gasteiger partial charge in [-0.15, -0.1) is 12.3 Å². The van der Waals surface area contributed by atoms with Gasteiger partial charge in [-0.1, -0.05) is 23.7 Å². The van der Waals surface area contributed by atoms with Crippen LogP contribution in [0.2, 0.25) is 5.02 Å². The number of carboxylic acid groups (broad SMARTS) is 2. The second kappa shape index (κ2) is 17.6. The molecule has 0 saturated carbocycles. The van der Waals surface area contributed by atoms with Crippen LogP contribution in [-0.2, 0) is 39.9 Å². The highest BCUT2D eigenvalue weighted by Gasteiger charge is 2.55. The lowest BCUT2D eigenvalue weighted by atomic mass is 9.88. The van der Waals surface area contributed by atoms with Crippen LogP contribution in [0.3, 0.4) is 0 Å². The first-order chi connectivity index (χ1) is 21.2. The summed E-state index contributed by atoms with van der Waals surface area (Å²) in [5.74, 6) is -5.87. The third-order valence-electron chi connectivity index (χ3n) is 6.73. The van der Waals surface area contributed by atoms with E-state index in [1.54, 1.807) is 24.3 Å². The number of aliphatic carboxylic acids is 2. The number of hydrogen-bond donors (Lipinski definition) is 9. The van der Waals surface area contributed by atoms with E-state index in [1.165, 1.54) is 0 Å². The zero-order chi connectivity index (χ0) is 33.7. The van der Waals surface area contributed by atoms with E-state index < -0.39 is 98.1 Å². The first kappa shape index (κ1) is 37.4. The summed E-state index contributed by atoms with van der Waals surface area (Å²) in [6.07, 6.45) is -3.90. The van der Waals surface area contributed by atoms with Crippen LogP contribution in [0.1, 0.15) is 31.2 Å². The largest absolute Gasteiger partial charge is 0.480 e. The van der Waals surface area contributed by atoms with Crippen LogP contribution in [0.5, 0.6) is 0 Å². The number of carbonyl (C=O) groups excluding carboxylic acids is 3. The molecule has 3 amide bonds. The van der Waals surface area contributed by atoms with Crippen molar-refractivity contribution in [2.24, 2.45) is 0 Å². The van der Waals surface area contributed by atoms with Gasteiger partial charge >= 0.3 is 11.9 Å². The number of halogens is 1. The molecule has 0 bridgehead atoms. The summed E-state index contributed by atoms with van der Waals surface area (Å²) in [4.78, 5) is 59.9. The maximum Gasteiger partial charge on any atom is 0.364 e. The minimum absolute atomic E-state index is 0.0946. The quantitative estimate of drug-likeness (QED) is 0.0621. The Balaban J connectivity index is 2.11. The summed E-state index contributed by atoms with van der Waals surface area (Å²) in [6.45, 7) is -2.03. The number of nitrogens with one attached hydrogen (secondary N) is 3. The van der Waals surface area contributed by atoms with Gasteiger partial charge in [0, 0.05) is 30.8 Å². The van der Waals surface area contributed by atoms with E-state index >= 15 is 0 Å². The van der Waals surface area contributed by atoms with E-state index in [4.69, 9.17) is 37.7 Å². The number of terminal acetylenes is 1. The van der Waals surface area contributed by atoms with Crippen LogP contribution in [0, 0.1) is 12.3 Å². The zero-order valence-corrected chi connectivity index (χ0v) is 24.7. The standard InChI is InChI=1S/C28H36ClN3O13/c1-2-4-17(26(40)41)31-20(36)5-3-10-44-28(27(42)43)12-18(34)23(32-22(38)14-33)25(45-28)24(39)19(35)13-30-21(37)11-15-6-8-16(29)9-7-15/h1,6-9,17-19,23-25,33-35,39H,3-5,10-14H2,(H,30,37)(H,31,36)(H,32,38)(H,40,41)(H,42,43)/t17?,18-,19+,23+,24+,25+,28+/m0/s1. The lowest BCUT2D eigenvalue weighted by Crippen LogP contribution is -2.68. The van der Waals surface area contributed by atoms with Gasteiger partial charge in [0.15, 0.2) is 0 Å². The van der Waals surface area contributed by atoms with Crippen molar-refractivity contribution in [2.45, 2.75) is 74.4 Å². The van der Waals surface area contributed by atoms with Crippen molar-refractivity contribution in [3.05, 3.63) is 34.9 Å². The lowest BCUT2D eigenvalue weighted by Gasteiger charge is -2.46. The first-order valence-electron chi connectivity index (χ1n) is 13.7. The molecule has 1 aromatic rings. The molecule has 7 atom stereocenters. The van der Waals surface area contributed by atoms with Crippen molar-refractivity contribution in [1.82, 2.24) is 16.0 Å². The number of ether oxygens (including phenoxy) is 2. The van der Waals surface area contributed by atoms with Gasteiger partial charge in [-0.2, -0.15) is 0 Å². The first-order valence-corrected chi connectivity index (χ1v) is 14.1. The highest BCUT2D eigenvalue weighted by molar-refractivity contribution is 6.30. The number of carboxylic acids is 2. The van der Waals surface area contributed by atoms with Crippen molar-refractivity contribution in [3.8, 4) is 12.3 Å². The van der Waals surface area contributed by atoms with Gasteiger partial charge in [0.1, 0.15) is 24.9 Å². The van der Waals surface area contributed by atoms with Crippen molar-refractivity contribution in [2.75, 3.05) is 19.8 Å². The van der Waals surface area contributed by atoms with Crippen molar-refractivity contribution < 1.29 is 64.1 Å². The van der Waals surface area contributed by atoms with Gasteiger partial charge in [0.25, 0.3) is 5.79 Å². The molecule has 1 aliphatic heterocycles. The Morgan fingerprint density at radius 3 is 2.36 bits per heavy atom. The fourth-order valence-electron chi connectivity index (χ4n) is 4.41. The average molecular weight is 658 g/mol. The van der Waals surface area contributed by atoms with E-state index in [9.17, 15) is 44.4 Å². The fraction of sp³-hybridized carbons (Fsp3) is 0.536. The molecule has 9 N–H and O–H groups in total. The number of carbonyl (C=O) groups is 5. The molecule has 2 rings (SSSR count). The molecule has 0 aliphatic carbocycles. The Morgan fingerprint density at radius 1 is 1.11 bits per heavy atom. The maximum atomic E-state index is 12.4. The molecule has 17 heteroatoms. The summed E-state index contributed by atoms with van der Waals surface area (Å²) < 4.78 is 11.0. The fourth-order valence-corrected chi connectivity index (χ4v) is 4.54. The summed E-state index contributed by atoms with van der Waals surface area (Å²) in [7, 11) is 0. The molecule has 1 aromatic carbocycles. The minimum atomic E-state index is -2.63. The molecule has 0 aromatic heterocycles. The smallest absolute Gasteiger partial charge is 0.364 e. The van der Waals surface area contributed by atoms with Crippen LogP contribution in [0.4, 0.5) is 0 Å². The van der Waals surface area contributed by atoms with Crippen molar-refractivity contribution in [3.63, 3.8) is 0 Å². The predicted octanol–water partition coefficient (Wildman–Crippen LogP) is -2.48. The van der Waals surface area contributed by atoms with Gasteiger partial charge in [0.2, 0.25) is 17.7 Å². The molecular formula is C28H36ClN3O13. The second-order valence-corrected chi connectivity index (χ2v) is 10.6. The van der Waals surface area contributed by atoms with E-state index in [0.717, 1.165) is 0 Å². The maximum absolute atomic E-state index is 12.4. The summed E-state index contributed by atoms with van der Waals surface area (Å²) in [5, 5.41) is 68.0. The Bertz CT molecular complexity index is 1240. The average Bonchev–Trinajstić information content (AvgIpc) is 2.99. The van der Waals surface area contributed by atoms with Crippen LogP contribution < -0.4 is 16.0 Å². The molecule has 1 fully saturated rings. The van der Waals surface area contributed by atoms with Gasteiger partial charge in [-0.05, 0) is 24.1 Å². The monoisotopic (exact) mass is 657 g/mol. The molecule has 1 heterocycles. The van der Waals surface area contributed by atoms with E-state index in [1.807, 2.05) is 0 Å².